The Labute approximate surface area is 121 Å². The lowest BCUT2D eigenvalue weighted by Crippen LogP contribution is -2.05. The molecule has 0 bridgehead atoms. The Bertz CT molecular complexity index is 609. The summed E-state index contributed by atoms with van der Waals surface area (Å²) in [6, 6.07) is 5.78. The lowest BCUT2D eigenvalue weighted by Gasteiger charge is -2.10. The van der Waals surface area contributed by atoms with Crippen molar-refractivity contribution in [2.24, 2.45) is 0 Å². The van der Waals surface area contributed by atoms with Gasteiger partial charge in [0.1, 0.15) is 24.1 Å². The van der Waals surface area contributed by atoms with Crippen molar-refractivity contribution in [2.45, 2.75) is 6.61 Å². The Hall–Kier alpha value is -1.92. The van der Waals surface area contributed by atoms with E-state index in [1.165, 1.54) is 18.2 Å². The van der Waals surface area contributed by atoms with Crippen molar-refractivity contribution >= 4 is 28.9 Å². The van der Waals surface area contributed by atoms with Crippen LogP contribution >= 0.6 is 11.6 Å². The van der Waals surface area contributed by atoms with Gasteiger partial charge in [-0.3, -0.25) is 0 Å². The lowest BCUT2D eigenvalue weighted by atomic mass is 10.3. The number of nitrogens with one attached hydrogen (secondary N) is 2. The third-order valence-electron chi connectivity index (χ3n) is 2.49. The van der Waals surface area contributed by atoms with E-state index in [-0.39, 0.29) is 12.4 Å². The van der Waals surface area contributed by atoms with E-state index in [9.17, 15) is 4.39 Å². The fraction of sp³-hybridized carbons (Fsp3) is 0.231. The van der Waals surface area contributed by atoms with Crippen molar-refractivity contribution in [3.05, 3.63) is 40.9 Å². The summed E-state index contributed by atoms with van der Waals surface area (Å²) in [5, 5.41) is 6.30. The van der Waals surface area contributed by atoms with Crippen LogP contribution < -0.4 is 10.6 Å². The van der Waals surface area contributed by atoms with Gasteiger partial charge < -0.3 is 15.4 Å². The first-order valence-electron chi connectivity index (χ1n) is 5.89. The molecular formula is C13H14ClFN4O. The third kappa shape index (κ3) is 3.55. The van der Waals surface area contributed by atoms with Crippen molar-refractivity contribution in [1.29, 1.82) is 0 Å². The smallest absolute Gasteiger partial charge is 0.158 e. The zero-order valence-electron chi connectivity index (χ0n) is 11.1. The number of hydrogen-bond acceptors (Lipinski definition) is 5. The van der Waals surface area contributed by atoms with Gasteiger partial charge in [-0.1, -0.05) is 11.6 Å². The highest BCUT2D eigenvalue weighted by Crippen LogP contribution is 2.26. The maximum absolute atomic E-state index is 13.2. The van der Waals surface area contributed by atoms with Gasteiger partial charge in [0.05, 0.1) is 10.7 Å². The molecule has 0 aliphatic rings. The summed E-state index contributed by atoms with van der Waals surface area (Å²) in [5.41, 5.74) is 0.441. The minimum Gasteiger partial charge on any atom is -0.377 e. The first-order valence-corrected chi connectivity index (χ1v) is 6.27. The largest absolute Gasteiger partial charge is 0.377 e. The van der Waals surface area contributed by atoms with Gasteiger partial charge in [0.15, 0.2) is 5.82 Å². The van der Waals surface area contributed by atoms with Crippen LogP contribution in [0.5, 0.6) is 0 Å². The first kappa shape index (κ1) is 14.5. The summed E-state index contributed by atoms with van der Waals surface area (Å²) in [6.07, 6.45) is 0. The number of nitrogens with zero attached hydrogens (tertiary/aromatic N) is 2. The molecule has 0 atom stereocenters. The number of benzene rings is 1. The SMILES string of the molecule is CNc1cc(Nc2cc(F)ccc2Cl)nc(COC)n1. The van der Waals surface area contributed by atoms with Crippen LogP contribution in [0.4, 0.5) is 21.7 Å². The molecule has 0 unspecified atom stereocenters. The molecule has 0 saturated heterocycles. The van der Waals surface area contributed by atoms with Crippen LogP contribution in [0, 0.1) is 5.82 Å². The summed E-state index contributed by atoms with van der Waals surface area (Å²) >= 11 is 6.01. The Kier molecular flexibility index (Phi) is 4.70. The molecular weight excluding hydrogens is 283 g/mol. The van der Waals surface area contributed by atoms with Crippen LogP contribution in [0.1, 0.15) is 5.82 Å². The maximum Gasteiger partial charge on any atom is 0.158 e. The summed E-state index contributed by atoms with van der Waals surface area (Å²) in [5.74, 6) is 1.26. The molecule has 0 aliphatic heterocycles. The molecule has 1 heterocycles. The van der Waals surface area contributed by atoms with E-state index in [4.69, 9.17) is 16.3 Å². The van der Waals surface area contributed by atoms with Gasteiger partial charge in [-0.05, 0) is 18.2 Å². The zero-order valence-corrected chi connectivity index (χ0v) is 11.8. The van der Waals surface area contributed by atoms with Crippen LogP contribution in [0.3, 0.4) is 0 Å². The van der Waals surface area contributed by atoms with Gasteiger partial charge in [-0.25, -0.2) is 14.4 Å². The molecule has 0 saturated carbocycles. The summed E-state index contributed by atoms with van der Waals surface area (Å²) < 4.78 is 18.2. The van der Waals surface area contributed by atoms with E-state index >= 15 is 0 Å². The molecule has 5 nitrogen and oxygen atoms in total. The van der Waals surface area contributed by atoms with Crippen molar-refractivity contribution in [3.8, 4) is 0 Å². The van der Waals surface area contributed by atoms with Crippen LogP contribution in [-0.4, -0.2) is 24.1 Å². The quantitative estimate of drug-likeness (QED) is 0.887. The standard InChI is InChI=1S/C13H14ClFN4O/c1-16-11-6-12(19-13(18-11)7-20-2)17-10-5-8(15)3-4-9(10)14/h3-6H,7H2,1-2H3,(H2,16,17,18,19). The minimum absolute atomic E-state index is 0.279. The molecule has 2 N–H and O–H groups in total. The monoisotopic (exact) mass is 296 g/mol. The second-order valence-corrected chi connectivity index (χ2v) is 4.39. The van der Waals surface area contributed by atoms with E-state index in [1.54, 1.807) is 20.2 Å². The predicted molar refractivity (Wildman–Crippen MR) is 77.0 cm³/mol. The summed E-state index contributed by atoms with van der Waals surface area (Å²) in [4.78, 5) is 8.50. The molecule has 0 fully saturated rings. The average Bonchev–Trinajstić information content (AvgIpc) is 2.43. The fourth-order valence-corrected chi connectivity index (χ4v) is 1.78. The van der Waals surface area contributed by atoms with Gasteiger partial charge >= 0.3 is 0 Å². The van der Waals surface area contributed by atoms with Crippen LogP contribution in [0.25, 0.3) is 0 Å². The van der Waals surface area contributed by atoms with E-state index in [0.29, 0.717) is 28.2 Å². The Morgan fingerprint density at radius 1 is 1.25 bits per heavy atom. The van der Waals surface area contributed by atoms with Crippen molar-refractivity contribution in [3.63, 3.8) is 0 Å². The van der Waals surface area contributed by atoms with Gasteiger partial charge in [0.2, 0.25) is 0 Å². The molecule has 20 heavy (non-hydrogen) atoms. The molecule has 1 aromatic carbocycles. The Morgan fingerprint density at radius 3 is 2.70 bits per heavy atom. The van der Waals surface area contributed by atoms with Crippen molar-refractivity contribution in [1.82, 2.24) is 9.97 Å². The predicted octanol–water partition coefficient (Wildman–Crippen LogP) is 3.20. The molecule has 2 rings (SSSR count). The summed E-state index contributed by atoms with van der Waals surface area (Å²) in [7, 11) is 3.31. The summed E-state index contributed by atoms with van der Waals surface area (Å²) in [6.45, 7) is 0.279. The number of aromatic nitrogens is 2. The van der Waals surface area contributed by atoms with Crippen LogP contribution in [0.2, 0.25) is 5.02 Å². The van der Waals surface area contributed by atoms with Crippen molar-refractivity contribution < 1.29 is 9.13 Å². The molecule has 0 radical (unpaired) electrons. The van der Waals surface area contributed by atoms with Gasteiger partial charge in [-0.2, -0.15) is 0 Å². The molecule has 0 aliphatic carbocycles. The highest BCUT2D eigenvalue weighted by Gasteiger charge is 2.07. The normalized spacial score (nSPS) is 10.4. The second kappa shape index (κ2) is 6.49. The molecule has 0 amide bonds. The third-order valence-corrected chi connectivity index (χ3v) is 2.82. The highest BCUT2D eigenvalue weighted by molar-refractivity contribution is 6.33. The van der Waals surface area contributed by atoms with Gasteiger partial charge in [-0.15, -0.1) is 0 Å². The number of rotatable bonds is 5. The highest BCUT2D eigenvalue weighted by atomic mass is 35.5. The van der Waals surface area contributed by atoms with E-state index in [2.05, 4.69) is 20.6 Å². The molecule has 0 spiro atoms. The number of methoxy groups -OCH3 is 1. The van der Waals surface area contributed by atoms with Crippen LogP contribution in [-0.2, 0) is 11.3 Å². The van der Waals surface area contributed by atoms with Crippen molar-refractivity contribution in [2.75, 3.05) is 24.8 Å². The average molecular weight is 297 g/mol. The molecule has 7 heteroatoms. The number of hydrogen-bond donors (Lipinski definition) is 2. The first-order chi connectivity index (χ1) is 9.62. The molecule has 106 valence electrons. The zero-order chi connectivity index (χ0) is 14.5. The van der Waals surface area contributed by atoms with Gasteiger partial charge in [0, 0.05) is 20.2 Å². The topological polar surface area (TPSA) is 59.1 Å². The van der Waals surface area contributed by atoms with E-state index < -0.39 is 0 Å². The molecule has 2 aromatic rings. The minimum atomic E-state index is -0.378. The second-order valence-electron chi connectivity index (χ2n) is 3.99. The van der Waals surface area contributed by atoms with E-state index in [1.807, 2.05) is 0 Å². The maximum atomic E-state index is 13.2. The lowest BCUT2D eigenvalue weighted by molar-refractivity contribution is 0.178. The van der Waals surface area contributed by atoms with E-state index in [0.717, 1.165) is 0 Å². The molecule has 1 aromatic heterocycles. The number of halogens is 2. The van der Waals surface area contributed by atoms with Gasteiger partial charge in [0.25, 0.3) is 0 Å². The Morgan fingerprint density at radius 2 is 2.00 bits per heavy atom. The fourth-order valence-electron chi connectivity index (χ4n) is 1.61. The number of ether oxygens (including phenoxy) is 1. The number of anilines is 3. The van der Waals surface area contributed by atoms with Crippen LogP contribution in [0.15, 0.2) is 24.3 Å². The Balaban J connectivity index is 2.32.